The molecular weight excluding hydrogens is 150 g/mol. The van der Waals surface area contributed by atoms with E-state index in [0.29, 0.717) is 6.04 Å². The van der Waals surface area contributed by atoms with E-state index in [0.717, 1.165) is 19.3 Å². The Morgan fingerprint density at radius 2 is 2.42 bits per heavy atom. The summed E-state index contributed by atoms with van der Waals surface area (Å²) in [4.78, 5) is 0. The minimum Gasteiger partial charge on any atom is -0.327 e. The molecule has 1 aromatic heterocycles. The standard InChI is InChI=1S/C9H17N3/c1-3-4-9(10)5-8-6-11-12(2)7-8/h6-7,9H,3-5,10H2,1-2H3. The van der Waals surface area contributed by atoms with Crippen LogP contribution in [0.1, 0.15) is 25.3 Å². The molecule has 3 heteroatoms. The lowest BCUT2D eigenvalue weighted by molar-refractivity contribution is 0.600. The third-order valence-corrected chi connectivity index (χ3v) is 1.92. The normalized spacial score (nSPS) is 13.2. The molecule has 0 spiro atoms. The van der Waals surface area contributed by atoms with Crippen LogP contribution in [0.25, 0.3) is 0 Å². The second kappa shape index (κ2) is 4.26. The molecule has 0 aromatic carbocycles. The largest absolute Gasteiger partial charge is 0.327 e. The first-order valence-electron chi connectivity index (χ1n) is 4.45. The van der Waals surface area contributed by atoms with E-state index >= 15 is 0 Å². The fourth-order valence-electron chi connectivity index (χ4n) is 1.35. The van der Waals surface area contributed by atoms with Gasteiger partial charge in [-0.3, -0.25) is 4.68 Å². The monoisotopic (exact) mass is 167 g/mol. The van der Waals surface area contributed by atoms with Crippen LogP contribution in [0.4, 0.5) is 0 Å². The van der Waals surface area contributed by atoms with Gasteiger partial charge in [0.2, 0.25) is 0 Å². The van der Waals surface area contributed by atoms with Crippen LogP contribution in [0.15, 0.2) is 12.4 Å². The molecule has 1 unspecified atom stereocenters. The Morgan fingerprint density at radius 3 is 2.92 bits per heavy atom. The van der Waals surface area contributed by atoms with Gasteiger partial charge in [-0.1, -0.05) is 13.3 Å². The topological polar surface area (TPSA) is 43.8 Å². The van der Waals surface area contributed by atoms with Crippen LogP contribution in [0.5, 0.6) is 0 Å². The number of nitrogens with zero attached hydrogens (tertiary/aromatic N) is 2. The highest BCUT2D eigenvalue weighted by molar-refractivity contribution is 5.05. The molecule has 68 valence electrons. The lowest BCUT2D eigenvalue weighted by atomic mass is 10.1. The lowest BCUT2D eigenvalue weighted by Gasteiger charge is -2.07. The van der Waals surface area contributed by atoms with Crippen molar-refractivity contribution in [1.29, 1.82) is 0 Å². The predicted octanol–water partition coefficient (Wildman–Crippen LogP) is 1.09. The third kappa shape index (κ3) is 2.66. The quantitative estimate of drug-likeness (QED) is 0.729. The number of nitrogens with two attached hydrogens (primary N) is 1. The first-order chi connectivity index (χ1) is 5.72. The van der Waals surface area contributed by atoms with E-state index in [-0.39, 0.29) is 0 Å². The van der Waals surface area contributed by atoms with Gasteiger partial charge in [-0.15, -0.1) is 0 Å². The summed E-state index contributed by atoms with van der Waals surface area (Å²) in [6.07, 6.45) is 7.10. The van der Waals surface area contributed by atoms with E-state index < -0.39 is 0 Å². The fraction of sp³-hybridized carbons (Fsp3) is 0.667. The number of aromatic nitrogens is 2. The van der Waals surface area contributed by atoms with E-state index in [4.69, 9.17) is 5.73 Å². The number of hydrogen-bond acceptors (Lipinski definition) is 2. The average Bonchev–Trinajstić information content (AvgIpc) is 2.36. The summed E-state index contributed by atoms with van der Waals surface area (Å²) in [6.45, 7) is 2.16. The van der Waals surface area contributed by atoms with Crippen LogP contribution >= 0.6 is 0 Å². The molecular formula is C9H17N3. The zero-order valence-electron chi connectivity index (χ0n) is 7.83. The van der Waals surface area contributed by atoms with Crippen molar-refractivity contribution in [3.05, 3.63) is 18.0 Å². The molecule has 1 atom stereocenters. The molecule has 1 aromatic rings. The van der Waals surface area contributed by atoms with Gasteiger partial charge in [-0.2, -0.15) is 5.10 Å². The molecule has 0 saturated carbocycles. The zero-order valence-corrected chi connectivity index (χ0v) is 7.83. The van der Waals surface area contributed by atoms with Gasteiger partial charge in [0.15, 0.2) is 0 Å². The highest BCUT2D eigenvalue weighted by Crippen LogP contribution is 2.03. The number of rotatable bonds is 4. The number of hydrogen-bond donors (Lipinski definition) is 1. The maximum Gasteiger partial charge on any atom is 0.0522 e. The molecule has 1 heterocycles. The van der Waals surface area contributed by atoms with Crippen molar-refractivity contribution in [1.82, 2.24) is 9.78 Å². The van der Waals surface area contributed by atoms with Crippen LogP contribution in [0.3, 0.4) is 0 Å². The molecule has 12 heavy (non-hydrogen) atoms. The summed E-state index contributed by atoms with van der Waals surface area (Å²) in [6, 6.07) is 0.291. The van der Waals surface area contributed by atoms with Crippen LogP contribution in [-0.2, 0) is 13.5 Å². The Labute approximate surface area is 73.6 Å². The lowest BCUT2D eigenvalue weighted by Crippen LogP contribution is -2.21. The summed E-state index contributed by atoms with van der Waals surface area (Å²) in [5.41, 5.74) is 7.12. The van der Waals surface area contributed by atoms with E-state index in [1.807, 2.05) is 24.1 Å². The summed E-state index contributed by atoms with van der Waals surface area (Å²) in [7, 11) is 1.93. The first-order valence-corrected chi connectivity index (χ1v) is 4.45. The van der Waals surface area contributed by atoms with Crippen LogP contribution in [-0.4, -0.2) is 15.8 Å². The molecule has 0 aliphatic rings. The second-order valence-electron chi connectivity index (χ2n) is 3.28. The molecule has 0 saturated heterocycles. The first kappa shape index (κ1) is 9.26. The highest BCUT2D eigenvalue weighted by atomic mass is 15.2. The Morgan fingerprint density at radius 1 is 1.67 bits per heavy atom. The molecule has 0 amide bonds. The van der Waals surface area contributed by atoms with Gasteiger partial charge < -0.3 is 5.73 Å². The summed E-state index contributed by atoms with van der Waals surface area (Å²) < 4.78 is 1.81. The molecule has 2 N–H and O–H groups in total. The van der Waals surface area contributed by atoms with Gasteiger partial charge in [0.05, 0.1) is 6.20 Å². The van der Waals surface area contributed by atoms with Crippen LogP contribution in [0.2, 0.25) is 0 Å². The average molecular weight is 167 g/mol. The molecule has 0 aliphatic heterocycles. The van der Waals surface area contributed by atoms with E-state index in [1.54, 1.807) is 0 Å². The molecule has 1 rings (SSSR count). The van der Waals surface area contributed by atoms with Crippen molar-refractivity contribution in [2.45, 2.75) is 32.2 Å². The van der Waals surface area contributed by atoms with Crippen molar-refractivity contribution in [2.24, 2.45) is 12.8 Å². The van der Waals surface area contributed by atoms with Crippen LogP contribution < -0.4 is 5.73 Å². The number of aryl methyl sites for hydroxylation is 1. The molecule has 0 aliphatic carbocycles. The van der Waals surface area contributed by atoms with Crippen molar-refractivity contribution < 1.29 is 0 Å². The summed E-state index contributed by atoms with van der Waals surface area (Å²) >= 11 is 0. The van der Waals surface area contributed by atoms with Crippen molar-refractivity contribution in [2.75, 3.05) is 0 Å². The Balaban J connectivity index is 2.41. The van der Waals surface area contributed by atoms with E-state index in [2.05, 4.69) is 12.0 Å². The van der Waals surface area contributed by atoms with Gasteiger partial charge in [0.25, 0.3) is 0 Å². The Hall–Kier alpha value is -0.830. The Kier molecular flexibility index (Phi) is 3.29. The maximum absolute atomic E-state index is 5.89. The molecule has 0 fully saturated rings. The van der Waals surface area contributed by atoms with Gasteiger partial charge >= 0.3 is 0 Å². The second-order valence-corrected chi connectivity index (χ2v) is 3.28. The third-order valence-electron chi connectivity index (χ3n) is 1.92. The van der Waals surface area contributed by atoms with E-state index in [1.165, 1.54) is 5.56 Å². The van der Waals surface area contributed by atoms with Gasteiger partial charge in [-0.25, -0.2) is 0 Å². The molecule has 0 bridgehead atoms. The minimum atomic E-state index is 0.291. The van der Waals surface area contributed by atoms with Crippen LogP contribution in [0, 0.1) is 0 Å². The maximum atomic E-state index is 5.89. The molecule has 3 nitrogen and oxygen atoms in total. The SMILES string of the molecule is CCCC(N)Cc1cnn(C)c1. The predicted molar refractivity (Wildman–Crippen MR) is 49.8 cm³/mol. The van der Waals surface area contributed by atoms with Crippen molar-refractivity contribution >= 4 is 0 Å². The fourth-order valence-corrected chi connectivity index (χ4v) is 1.35. The zero-order chi connectivity index (χ0) is 8.97. The Bertz CT molecular complexity index is 229. The smallest absolute Gasteiger partial charge is 0.0522 e. The van der Waals surface area contributed by atoms with E-state index in [9.17, 15) is 0 Å². The van der Waals surface area contributed by atoms with Crippen molar-refractivity contribution in [3.63, 3.8) is 0 Å². The van der Waals surface area contributed by atoms with Gasteiger partial charge in [0, 0.05) is 19.3 Å². The summed E-state index contributed by atoms with van der Waals surface area (Å²) in [5, 5.41) is 4.09. The van der Waals surface area contributed by atoms with Crippen molar-refractivity contribution in [3.8, 4) is 0 Å². The minimum absolute atomic E-state index is 0.291. The van der Waals surface area contributed by atoms with Gasteiger partial charge in [-0.05, 0) is 18.4 Å². The van der Waals surface area contributed by atoms with Gasteiger partial charge in [0.1, 0.15) is 0 Å². The highest BCUT2D eigenvalue weighted by Gasteiger charge is 2.03. The molecule has 0 radical (unpaired) electrons. The summed E-state index contributed by atoms with van der Waals surface area (Å²) in [5.74, 6) is 0.